The Labute approximate surface area is 231 Å². The van der Waals surface area contributed by atoms with Crippen LogP contribution in [0.15, 0.2) is 24.3 Å². The van der Waals surface area contributed by atoms with E-state index in [2.05, 4.69) is 10.2 Å². The first-order valence-electron chi connectivity index (χ1n) is 12.6. The summed E-state index contributed by atoms with van der Waals surface area (Å²) in [6.45, 7) is 1.88. The van der Waals surface area contributed by atoms with E-state index in [0.29, 0.717) is 11.5 Å². The van der Waals surface area contributed by atoms with Gasteiger partial charge in [0.1, 0.15) is 13.0 Å². The molecular formula is C24H35N2O13P. The van der Waals surface area contributed by atoms with Crippen molar-refractivity contribution in [2.24, 2.45) is 0 Å². The third kappa shape index (κ3) is 15.3. The van der Waals surface area contributed by atoms with Crippen molar-refractivity contribution >= 4 is 43.5 Å². The molecule has 16 heteroatoms. The molecule has 0 aromatic rings. The largest absolute Gasteiger partial charge is 0.472 e. The minimum absolute atomic E-state index is 0.00580. The normalized spacial score (nSPS) is 15.7. The number of phosphoric ester groups is 1. The molecule has 0 spiro atoms. The van der Waals surface area contributed by atoms with Gasteiger partial charge in [-0.3, -0.25) is 33.0 Å². The Morgan fingerprint density at radius 1 is 0.925 bits per heavy atom. The molecule has 224 valence electrons. The number of hydroxylamine groups is 2. The number of nitrogens with zero attached hydrogens (tertiary/aromatic N) is 1. The summed E-state index contributed by atoms with van der Waals surface area (Å²) < 4.78 is 32.0. The number of imide groups is 1. The van der Waals surface area contributed by atoms with Gasteiger partial charge in [-0.05, 0) is 12.8 Å². The van der Waals surface area contributed by atoms with Crippen LogP contribution in [0, 0.1) is 0 Å². The van der Waals surface area contributed by atoms with Crippen LogP contribution in [0.3, 0.4) is 0 Å². The van der Waals surface area contributed by atoms with Crippen LogP contribution in [0.2, 0.25) is 0 Å². The standard InChI is InChI=1S/C24H35N2O13P/c1-3-5-7-9-22(30)35-16-18(38-23(31)10-8-6-4-2)17-37-40(33,34)36-14-13-25-19(27)15-24(32)39-26-20(28)11-12-21(26)29/h5-8,18H,3-4,9-17H2,1-2H3,(H,25,27)(H,33,34)/b7-5-,8-6-. The first kappa shape index (κ1) is 34.6. The molecule has 1 aliphatic rings. The van der Waals surface area contributed by atoms with Gasteiger partial charge in [0.2, 0.25) is 5.91 Å². The van der Waals surface area contributed by atoms with E-state index in [9.17, 15) is 38.2 Å². The quantitative estimate of drug-likeness (QED) is 0.0546. The van der Waals surface area contributed by atoms with Gasteiger partial charge >= 0.3 is 25.7 Å². The Bertz CT molecular complexity index is 995. The van der Waals surface area contributed by atoms with Crippen LogP contribution in [0.5, 0.6) is 0 Å². The Hall–Kier alpha value is -3.39. The van der Waals surface area contributed by atoms with Crippen molar-refractivity contribution in [1.29, 1.82) is 0 Å². The highest BCUT2D eigenvalue weighted by atomic mass is 31.2. The molecule has 2 unspecified atom stereocenters. The fourth-order valence-electron chi connectivity index (χ4n) is 2.84. The van der Waals surface area contributed by atoms with E-state index in [0.717, 1.165) is 6.42 Å². The molecular weight excluding hydrogens is 555 g/mol. The van der Waals surface area contributed by atoms with E-state index in [1.54, 1.807) is 24.3 Å². The van der Waals surface area contributed by atoms with Crippen LogP contribution in [-0.4, -0.2) is 78.1 Å². The lowest BCUT2D eigenvalue weighted by molar-refractivity contribution is -0.197. The molecule has 0 aliphatic carbocycles. The van der Waals surface area contributed by atoms with Crippen LogP contribution < -0.4 is 5.32 Å². The Kier molecular flexibility index (Phi) is 16.3. The molecule has 2 N–H and O–H groups in total. The number of hydrogen-bond acceptors (Lipinski definition) is 12. The smallest absolute Gasteiger partial charge is 0.461 e. The van der Waals surface area contributed by atoms with Crippen molar-refractivity contribution in [3.05, 3.63) is 24.3 Å². The number of rotatable bonds is 19. The zero-order valence-electron chi connectivity index (χ0n) is 22.4. The molecule has 0 bridgehead atoms. The number of allylic oxidation sites excluding steroid dienone is 2. The molecule has 2 atom stereocenters. The van der Waals surface area contributed by atoms with Crippen LogP contribution >= 0.6 is 7.82 Å². The summed E-state index contributed by atoms with van der Waals surface area (Å²) in [5, 5.41) is 2.52. The number of carbonyl (C=O) groups excluding carboxylic acids is 6. The average Bonchev–Trinajstić information content (AvgIpc) is 3.20. The summed E-state index contributed by atoms with van der Waals surface area (Å²) >= 11 is 0. The number of hydrogen-bond donors (Lipinski definition) is 2. The molecule has 1 fully saturated rings. The van der Waals surface area contributed by atoms with Crippen molar-refractivity contribution < 1.29 is 61.6 Å². The van der Waals surface area contributed by atoms with Gasteiger partial charge < -0.3 is 24.5 Å². The van der Waals surface area contributed by atoms with Crippen molar-refractivity contribution in [1.82, 2.24) is 10.4 Å². The fraction of sp³-hybridized carbons (Fsp3) is 0.583. The van der Waals surface area contributed by atoms with Crippen molar-refractivity contribution in [2.45, 2.75) is 64.9 Å². The van der Waals surface area contributed by atoms with Crippen molar-refractivity contribution in [3.8, 4) is 0 Å². The third-order valence-corrected chi connectivity index (χ3v) is 5.69. The predicted octanol–water partition coefficient (Wildman–Crippen LogP) is 1.40. The summed E-state index contributed by atoms with van der Waals surface area (Å²) in [6.07, 6.45) is 5.87. The van der Waals surface area contributed by atoms with Gasteiger partial charge in [0.05, 0.1) is 26.1 Å². The number of esters is 2. The summed E-state index contributed by atoms with van der Waals surface area (Å²) in [5.74, 6) is -4.67. The maximum Gasteiger partial charge on any atom is 0.472 e. The number of nitrogens with one attached hydrogen (secondary N) is 1. The lowest BCUT2D eigenvalue weighted by atomic mass is 10.3. The van der Waals surface area contributed by atoms with Gasteiger partial charge in [-0.25, -0.2) is 9.36 Å². The second-order valence-electron chi connectivity index (χ2n) is 8.13. The van der Waals surface area contributed by atoms with Crippen LogP contribution in [0.4, 0.5) is 0 Å². The van der Waals surface area contributed by atoms with Crippen LogP contribution in [0.25, 0.3) is 0 Å². The zero-order valence-corrected chi connectivity index (χ0v) is 23.3. The van der Waals surface area contributed by atoms with E-state index in [4.69, 9.17) is 18.5 Å². The second-order valence-corrected chi connectivity index (χ2v) is 9.59. The van der Waals surface area contributed by atoms with E-state index in [-0.39, 0.29) is 32.2 Å². The van der Waals surface area contributed by atoms with E-state index in [1.807, 2.05) is 13.8 Å². The Morgan fingerprint density at radius 3 is 2.12 bits per heavy atom. The lowest BCUT2D eigenvalue weighted by Gasteiger charge is -2.19. The summed E-state index contributed by atoms with van der Waals surface area (Å²) in [6, 6.07) is 0. The molecule has 0 saturated carbocycles. The van der Waals surface area contributed by atoms with Gasteiger partial charge in [-0.1, -0.05) is 38.2 Å². The van der Waals surface area contributed by atoms with Gasteiger partial charge in [-0.2, -0.15) is 0 Å². The number of ether oxygens (including phenoxy) is 2. The highest BCUT2D eigenvalue weighted by molar-refractivity contribution is 7.47. The molecule has 1 saturated heterocycles. The highest BCUT2D eigenvalue weighted by Gasteiger charge is 2.33. The summed E-state index contributed by atoms with van der Waals surface area (Å²) in [4.78, 5) is 84.7. The van der Waals surface area contributed by atoms with Crippen LogP contribution in [0.1, 0.15) is 58.8 Å². The summed E-state index contributed by atoms with van der Waals surface area (Å²) in [5.41, 5.74) is 0. The number of phosphoric acid groups is 1. The van der Waals surface area contributed by atoms with E-state index in [1.165, 1.54) is 0 Å². The highest BCUT2D eigenvalue weighted by Crippen LogP contribution is 2.43. The topological polar surface area (TPSA) is 201 Å². The van der Waals surface area contributed by atoms with E-state index >= 15 is 0 Å². The molecule has 1 aliphatic heterocycles. The molecule has 15 nitrogen and oxygen atoms in total. The summed E-state index contributed by atoms with van der Waals surface area (Å²) in [7, 11) is -4.69. The van der Waals surface area contributed by atoms with Gasteiger partial charge in [0.15, 0.2) is 6.10 Å². The number of carbonyl (C=O) groups is 6. The second kappa shape index (κ2) is 18.8. The maximum atomic E-state index is 12.2. The molecule has 1 heterocycles. The molecule has 3 amide bonds. The zero-order chi connectivity index (χ0) is 30.0. The molecule has 0 aromatic heterocycles. The van der Waals surface area contributed by atoms with Gasteiger partial charge in [0, 0.05) is 19.4 Å². The van der Waals surface area contributed by atoms with Crippen molar-refractivity contribution in [2.75, 3.05) is 26.4 Å². The third-order valence-electron chi connectivity index (χ3n) is 4.71. The Morgan fingerprint density at radius 2 is 1.52 bits per heavy atom. The molecule has 0 radical (unpaired) electrons. The number of amides is 3. The van der Waals surface area contributed by atoms with Crippen LogP contribution in [-0.2, 0) is 56.7 Å². The van der Waals surface area contributed by atoms with E-state index < -0.39 is 75.8 Å². The van der Waals surface area contributed by atoms with Gasteiger partial charge in [0.25, 0.3) is 11.8 Å². The first-order chi connectivity index (χ1) is 19.0. The maximum absolute atomic E-state index is 12.2. The fourth-order valence-corrected chi connectivity index (χ4v) is 3.59. The Balaban J connectivity index is 2.47. The van der Waals surface area contributed by atoms with Gasteiger partial charge in [-0.15, -0.1) is 5.06 Å². The minimum Gasteiger partial charge on any atom is -0.461 e. The average molecular weight is 591 g/mol. The lowest BCUT2D eigenvalue weighted by Crippen LogP contribution is -2.35. The molecule has 0 aromatic carbocycles. The SMILES string of the molecule is CC/C=C\CC(=O)OCC(COP(=O)(O)OCCNC(=O)CC(=O)ON1C(=O)CCC1=O)OC(=O)C/C=C\CC. The molecule has 1 rings (SSSR count). The first-order valence-corrected chi connectivity index (χ1v) is 14.1. The van der Waals surface area contributed by atoms with Crippen molar-refractivity contribution in [3.63, 3.8) is 0 Å². The minimum atomic E-state index is -4.69. The molecule has 40 heavy (non-hydrogen) atoms. The predicted molar refractivity (Wildman–Crippen MR) is 135 cm³/mol. The monoisotopic (exact) mass is 590 g/mol.